The quantitative estimate of drug-likeness (QED) is 0.216. The number of nitrogens with one attached hydrogen (secondary N) is 2. The molecular formula is C33H40F2N4O5. The van der Waals surface area contributed by atoms with Crippen molar-refractivity contribution in [1.29, 1.82) is 0 Å². The number of amides is 2. The van der Waals surface area contributed by atoms with Crippen LogP contribution in [0.4, 0.5) is 13.6 Å². The Morgan fingerprint density at radius 3 is 2.45 bits per heavy atom. The number of carbonyl (C=O) groups is 3. The molecule has 0 saturated heterocycles. The summed E-state index contributed by atoms with van der Waals surface area (Å²) in [5.74, 6) is -3.14. The van der Waals surface area contributed by atoms with E-state index in [-0.39, 0.29) is 17.7 Å². The van der Waals surface area contributed by atoms with Crippen molar-refractivity contribution >= 4 is 34.4 Å². The largest absolute Gasteiger partial charge is 0.459 e. The summed E-state index contributed by atoms with van der Waals surface area (Å²) in [6.45, 7) is 14.9. The Hall–Kier alpha value is -4.25. The molecule has 0 unspecified atom stereocenters. The highest BCUT2D eigenvalue weighted by molar-refractivity contribution is 6.18. The first kappa shape index (κ1) is 32.7. The van der Waals surface area contributed by atoms with Crippen LogP contribution in [0.1, 0.15) is 69.6 Å². The molecule has 236 valence electrons. The first-order chi connectivity index (χ1) is 20.8. The zero-order chi connectivity index (χ0) is 32.2. The lowest BCUT2D eigenvalue weighted by Gasteiger charge is -2.29. The molecule has 1 aromatic heterocycles. The molecule has 11 heteroatoms. The number of hydrogen-bond donors (Lipinski definition) is 2. The molecule has 2 amide bonds. The molecule has 2 N–H and O–H groups in total. The van der Waals surface area contributed by atoms with E-state index in [0.717, 1.165) is 49.1 Å². The average Bonchev–Trinajstić information content (AvgIpc) is 3.30. The number of esters is 1. The molecule has 1 aliphatic heterocycles. The minimum Gasteiger partial charge on any atom is -0.459 e. The summed E-state index contributed by atoms with van der Waals surface area (Å²) in [5, 5.41) is 3.54. The lowest BCUT2D eigenvalue weighted by molar-refractivity contribution is -0.140. The van der Waals surface area contributed by atoms with Crippen molar-refractivity contribution in [3.05, 3.63) is 71.1 Å². The molecule has 0 saturated carbocycles. The van der Waals surface area contributed by atoms with E-state index in [2.05, 4.69) is 29.0 Å². The molecule has 0 atom stereocenters. The first-order valence-corrected chi connectivity index (χ1v) is 14.9. The third-order valence-electron chi connectivity index (χ3n) is 7.58. The summed E-state index contributed by atoms with van der Waals surface area (Å²) in [5.41, 5.74) is 1.15. The molecule has 2 aromatic carbocycles. The second kappa shape index (κ2) is 13.6. The Morgan fingerprint density at radius 2 is 1.80 bits per heavy atom. The van der Waals surface area contributed by atoms with Crippen LogP contribution in [0.5, 0.6) is 5.75 Å². The summed E-state index contributed by atoms with van der Waals surface area (Å²) in [7, 11) is 0. The van der Waals surface area contributed by atoms with Gasteiger partial charge in [-0.2, -0.15) is 0 Å². The number of nitrogens with zero attached hydrogens (tertiary/aromatic N) is 2. The van der Waals surface area contributed by atoms with Crippen LogP contribution in [-0.2, 0) is 14.9 Å². The zero-order valence-electron chi connectivity index (χ0n) is 26.1. The molecule has 4 rings (SSSR count). The van der Waals surface area contributed by atoms with E-state index >= 15 is 0 Å². The number of aromatic nitrogens is 1. The topological polar surface area (TPSA) is 104 Å². The molecule has 0 bridgehead atoms. The van der Waals surface area contributed by atoms with Crippen molar-refractivity contribution in [2.24, 2.45) is 0 Å². The number of fused-ring (bicyclic) bond motifs is 3. The van der Waals surface area contributed by atoms with Crippen LogP contribution in [0.15, 0.2) is 42.6 Å². The summed E-state index contributed by atoms with van der Waals surface area (Å²) in [4.78, 5) is 46.3. The average molecular weight is 611 g/mol. The molecule has 1 aliphatic rings. The lowest BCUT2D eigenvalue weighted by Crippen LogP contribution is -2.37. The van der Waals surface area contributed by atoms with Crippen LogP contribution in [0, 0.1) is 11.6 Å². The van der Waals surface area contributed by atoms with Crippen LogP contribution in [-0.4, -0.2) is 71.6 Å². The van der Waals surface area contributed by atoms with Gasteiger partial charge in [0.05, 0.1) is 17.4 Å². The number of carbonyl (C=O) groups excluding carboxylic acids is 3. The number of rotatable bonds is 10. The monoisotopic (exact) mass is 610 g/mol. The molecule has 0 radical (unpaired) electrons. The van der Waals surface area contributed by atoms with Crippen LogP contribution in [0.3, 0.4) is 0 Å². The summed E-state index contributed by atoms with van der Waals surface area (Å²) in [6, 6.07) is 8.10. The SMILES string of the molecule is CCN(CC)CCCNC(=O)Oc1ccc2c3c([nH]c2c1)C(C(=O)OC(C)C)=CN(C(=O)c1ccc(F)c(F)c1)CC3(C)C. The standard InChI is InChI=1S/C33H40F2N4O5/c1-7-38(8-2)15-9-14-36-32(42)44-22-11-12-23-27(17-22)37-29-24(31(41)43-20(3)4)18-39(19-33(5,6)28(23)29)30(40)21-10-13-25(34)26(35)16-21/h10-13,16-18,20,37H,7-9,14-15,19H2,1-6H3,(H,36,42). The third-order valence-corrected chi connectivity index (χ3v) is 7.58. The fourth-order valence-corrected chi connectivity index (χ4v) is 5.45. The Bertz CT molecular complexity index is 1580. The molecule has 0 spiro atoms. The summed E-state index contributed by atoms with van der Waals surface area (Å²) in [6.07, 6.45) is 1.18. The Labute approximate surface area is 256 Å². The van der Waals surface area contributed by atoms with Gasteiger partial charge in [0, 0.05) is 47.2 Å². The molecule has 3 aromatic rings. The highest BCUT2D eigenvalue weighted by atomic mass is 19.2. The van der Waals surface area contributed by atoms with Gasteiger partial charge >= 0.3 is 12.1 Å². The van der Waals surface area contributed by atoms with Gasteiger partial charge in [-0.3, -0.25) is 4.79 Å². The molecular weight excluding hydrogens is 570 g/mol. The van der Waals surface area contributed by atoms with Crippen LogP contribution in [0.25, 0.3) is 16.5 Å². The van der Waals surface area contributed by atoms with Gasteiger partial charge in [-0.15, -0.1) is 0 Å². The first-order valence-electron chi connectivity index (χ1n) is 14.9. The maximum absolute atomic E-state index is 14.0. The maximum Gasteiger partial charge on any atom is 0.412 e. The van der Waals surface area contributed by atoms with Gasteiger partial charge in [0.2, 0.25) is 0 Å². The van der Waals surface area contributed by atoms with Gasteiger partial charge in [-0.05, 0) is 75.8 Å². The van der Waals surface area contributed by atoms with E-state index in [0.29, 0.717) is 23.5 Å². The minimum absolute atomic E-state index is 0.0592. The van der Waals surface area contributed by atoms with Gasteiger partial charge in [0.15, 0.2) is 11.6 Å². The Kier molecular flexibility index (Phi) is 10.1. The highest BCUT2D eigenvalue weighted by Crippen LogP contribution is 2.41. The second-order valence-electron chi connectivity index (χ2n) is 11.7. The number of ether oxygens (including phenoxy) is 2. The van der Waals surface area contributed by atoms with Crippen molar-refractivity contribution in [1.82, 2.24) is 20.1 Å². The minimum atomic E-state index is -1.14. The fraction of sp³-hybridized carbons (Fsp3) is 0.424. The second-order valence-corrected chi connectivity index (χ2v) is 11.7. The lowest BCUT2D eigenvalue weighted by atomic mass is 9.81. The van der Waals surface area contributed by atoms with Crippen LogP contribution in [0.2, 0.25) is 0 Å². The molecule has 44 heavy (non-hydrogen) atoms. The Balaban J connectivity index is 1.66. The van der Waals surface area contributed by atoms with Gasteiger partial charge < -0.3 is 29.6 Å². The zero-order valence-corrected chi connectivity index (χ0v) is 26.1. The van der Waals surface area contributed by atoms with Crippen molar-refractivity contribution < 1.29 is 32.6 Å². The van der Waals surface area contributed by atoms with E-state index < -0.39 is 41.1 Å². The maximum atomic E-state index is 14.0. The van der Waals surface area contributed by atoms with Gasteiger partial charge in [0.25, 0.3) is 5.91 Å². The van der Waals surface area contributed by atoms with E-state index in [4.69, 9.17) is 9.47 Å². The predicted octanol–water partition coefficient (Wildman–Crippen LogP) is 5.99. The number of hydrogen-bond acceptors (Lipinski definition) is 6. The van der Waals surface area contributed by atoms with Crippen molar-refractivity contribution in [3.63, 3.8) is 0 Å². The van der Waals surface area contributed by atoms with Crippen LogP contribution < -0.4 is 10.1 Å². The van der Waals surface area contributed by atoms with E-state index in [9.17, 15) is 23.2 Å². The fourth-order valence-electron chi connectivity index (χ4n) is 5.45. The van der Waals surface area contributed by atoms with Gasteiger partial charge in [-0.1, -0.05) is 27.7 Å². The number of H-pyrrole nitrogens is 1. The molecule has 0 aliphatic carbocycles. The molecule has 9 nitrogen and oxygen atoms in total. The third kappa shape index (κ3) is 7.27. The van der Waals surface area contributed by atoms with Gasteiger partial charge in [-0.25, -0.2) is 18.4 Å². The molecule has 0 fully saturated rings. The number of halogens is 2. The number of aromatic amines is 1. The number of benzene rings is 2. The Morgan fingerprint density at radius 1 is 1.07 bits per heavy atom. The highest BCUT2D eigenvalue weighted by Gasteiger charge is 2.38. The molecule has 2 heterocycles. The summed E-state index contributed by atoms with van der Waals surface area (Å²) >= 11 is 0. The van der Waals surface area contributed by atoms with Crippen LogP contribution >= 0.6 is 0 Å². The summed E-state index contributed by atoms with van der Waals surface area (Å²) < 4.78 is 38.6. The van der Waals surface area contributed by atoms with E-state index in [1.807, 2.05) is 13.8 Å². The van der Waals surface area contributed by atoms with E-state index in [1.165, 1.54) is 17.2 Å². The van der Waals surface area contributed by atoms with E-state index in [1.54, 1.807) is 32.0 Å². The van der Waals surface area contributed by atoms with Crippen molar-refractivity contribution in [3.8, 4) is 5.75 Å². The normalized spacial score (nSPS) is 14.3. The van der Waals surface area contributed by atoms with Crippen molar-refractivity contribution in [2.45, 2.75) is 59.5 Å². The predicted molar refractivity (Wildman–Crippen MR) is 164 cm³/mol. The smallest absolute Gasteiger partial charge is 0.412 e. The van der Waals surface area contributed by atoms with Gasteiger partial charge in [0.1, 0.15) is 5.75 Å². The van der Waals surface area contributed by atoms with Crippen molar-refractivity contribution in [2.75, 3.05) is 32.7 Å².